The SMILES string of the molecule is CCCCn1ccnc1C(=O)c1cc(F)c(F)c(F)c1F. The first-order valence-electron chi connectivity index (χ1n) is 6.36. The molecule has 0 aliphatic heterocycles. The Morgan fingerprint density at radius 1 is 1.19 bits per heavy atom. The highest BCUT2D eigenvalue weighted by Gasteiger charge is 2.25. The molecule has 0 fully saturated rings. The lowest BCUT2D eigenvalue weighted by Crippen LogP contribution is -2.15. The minimum atomic E-state index is -2.01. The van der Waals surface area contributed by atoms with Gasteiger partial charge in [-0.3, -0.25) is 4.79 Å². The molecule has 0 radical (unpaired) electrons. The van der Waals surface area contributed by atoms with Gasteiger partial charge in [-0.15, -0.1) is 0 Å². The predicted octanol–water partition coefficient (Wildman–Crippen LogP) is 3.47. The third-order valence-electron chi connectivity index (χ3n) is 3.02. The van der Waals surface area contributed by atoms with Crippen molar-refractivity contribution in [3.05, 3.63) is 53.1 Å². The molecule has 0 aliphatic rings. The average molecular weight is 300 g/mol. The number of rotatable bonds is 5. The molecule has 1 aromatic heterocycles. The quantitative estimate of drug-likeness (QED) is 0.367. The van der Waals surface area contributed by atoms with E-state index in [0.717, 1.165) is 12.8 Å². The number of carbonyl (C=O) groups excluding carboxylic acids is 1. The number of nitrogens with zero attached hydrogens (tertiary/aromatic N) is 2. The van der Waals surface area contributed by atoms with Crippen molar-refractivity contribution < 1.29 is 22.4 Å². The fourth-order valence-electron chi connectivity index (χ4n) is 1.89. The van der Waals surface area contributed by atoms with Crippen molar-refractivity contribution in [2.24, 2.45) is 0 Å². The van der Waals surface area contributed by atoms with Crippen LogP contribution in [-0.2, 0) is 6.54 Å². The maximum atomic E-state index is 13.6. The van der Waals surface area contributed by atoms with Crippen LogP contribution in [0.5, 0.6) is 0 Å². The Balaban J connectivity index is 2.44. The van der Waals surface area contributed by atoms with E-state index in [4.69, 9.17) is 0 Å². The van der Waals surface area contributed by atoms with Crippen LogP contribution in [0.1, 0.15) is 35.9 Å². The van der Waals surface area contributed by atoms with Crippen molar-refractivity contribution >= 4 is 5.78 Å². The molecule has 0 unspecified atom stereocenters. The normalized spacial score (nSPS) is 10.9. The highest BCUT2D eigenvalue weighted by atomic mass is 19.2. The van der Waals surface area contributed by atoms with Crippen LogP contribution in [0, 0.1) is 23.3 Å². The zero-order valence-corrected chi connectivity index (χ0v) is 11.2. The van der Waals surface area contributed by atoms with Gasteiger partial charge >= 0.3 is 0 Å². The van der Waals surface area contributed by atoms with Crippen LogP contribution in [0.3, 0.4) is 0 Å². The number of halogens is 4. The van der Waals surface area contributed by atoms with E-state index in [0.29, 0.717) is 12.6 Å². The summed E-state index contributed by atoms with van der Waals surface area (Å²) in [5, 5.41) is 0. The van der Waals surface area contributed by atoms with Gasteiger partial charge in [-0.05, 0) is 12.5 Å². The Morgan fingerprint density at radius 3 is 2.57 bits per heavy atom. The second-order valence-corrected chi connectivity index (χ2v) is 4.47. The lowest BCUT2D eigenvalue weighted by atomic mass is 10.1. The van der Waals surface area contributed by atoms with Crippen LogP contribution in [0.25, 0.3) is 0 Å². The Labute approximate surface area is 118 Å². The molecule has 0 N–H and O–H groups in total. The van der Waals surface area contributed by atoms with Gasteiger partial charge in [-0.25, -0.2) is 22.5 Å². The fraction of sp³-hybridized carbons (Fsp3) is 0.286. The molecule has 0 bridgehead atoms. The van der Waals surface area contributed by atoms with Crippen LogP contribution < -0.4 is 0 Å². The van der Waals surface area contributed by atoms with Gasteiger partial charge in [0.25, 0.3) is 0 Å². The average Bonchev–Trinajstić information content (AvgIpc) is 2.94. The van der Waals surface area contributed by atoms with E-state index < -0.39 is 34.6 Å². The molecule has 0 amide bonds. The molecule has 112 valence electrons. The van der Waals surface area contributed by atoms with E-state index in [-0.39, 0.29) is 5.82 Å². The Hall–Kier alpha value is -2.18. The van der Waals surface area contributed by atoms with E-state index in [1.165, 1.54) is 17.0 Å². The van der Waals surface area contributed by atoms with E-state index in [1.54, 1.807) is 0 Å². The molecule has 0 atom stereocenters. The zero-order chi connectivity index (χ0) is 15.6. The third-order valence-corrected chi connectivity index (χ3v) is 3.02. The number of aromatic nitrogens is 2. The Bertz CT molecular complexity index is 682. The molecule has 0 spiro atoms. The van der Waals surface area contributed by atoms with Gasteiger partial charge < -0.3 is 4.57 Å². The molecule has 7 heteroatoms. The molecule has 21 heavy (non-hydrogen) atoms. The first kappa shape index (κ1) is 15.2. The monoisotopic (exact) mass is 300 g/mol. The number of benzene rings is 1. The summed E-state index contributed by atoms with van der Waals surface area (Å²) < 4.78 is 54.3. The Morgan fingerprint density at radius 2 is 1.90 bits per heavy atom. The summed E-state index contributed by atoms with van der Waals surface area (Å²) in [5.74, 6) is -8.43. The molecule has 2 rings (SSSR count). The molecule has 0 saturated heterocycles. The summed E-state index contributed by atoms with van der Waals surface area (Å²) in [5.41, 5.74) is -0.879. The molecule has 1 heterocycles. The van der Waals surface area contributed by atoms with Gasteiger partial charge in [0.15, 0.2) is 29.1 Å². The number of imidazole rings is 1. The smallest absolute Gasteiger partial charge is 0.231 e. The van der Waals surface area contributed by atoms with Crippen molar-refractivity contribution in [1.29, 1.82) is 0 Å². The minimum Gasteiger partial charge on any atom is -0.328 e. The predicted molar refractivity (Wildman–Crippen MR) is 66.8 cm³/mol. The van der Waals surface area contributed by atoms with Crippen LogP contribution in [0.2, 0.25) is 0 Å². The lowest BCUT2D eigenvalue weighted by Gasteiger charge is -2.08. The van der Waals surface area contributed by atoms with E-state index in [9.17, 15) is 22.4 Å². The first-order valence-corrected chi connectivity index (χ1v) is 6.36. The summed E-state index contributed by atoms with van der Waals surface area (Å²) in [4.78, 5) is 15.9. The van der Waals surface area contributed by atoms with Gasteiger partial charge in [0.2, 0.25) is 5.78 Å². The fourth-order valence-corrected chi connectivity index (χ4v) is 1.89. The molecule has 2 aromatic rings. The molecule has 0 aliphatic carbocycles. The summed E-state index contributed by atoms with van der Waals surface area (Å²) in [6.45, 7) is 2.41. The number of carbonyl (C=O) groups is 1. The van der Waals surface area contributed by atoms with Gasteiger partial charge in [-0.1, -0.05) is 13.3 Å². The highest BCUT2D eigenvalue weighted by molar-refractivity contribution is 6.06. The molecular weight excluding hydrogens is 288 g/mol. The maximum absolute atomic E-state index is 13.6. The molecule has 0 saturated carbocycles. The van der Waals surface area contributed by atoms with E-state index in [2.05, 4.69) is 4.98 Å². The molecule has 1 aromatic carbocycles. The van der Waals surface area contributed by atoms with Crippen LogP contribution in [0.15, 0.2) is 18.5 Å². The largest absolute Gasteiger partial charge is 0.328 e. The number of hydrogen-bond donors (Lipinski definition) is 0. The van der Waals surface area contributed by atoms with Crippen LogP contribution in [0.4, 0.5) is 17.6 Å². The van der Waals surface area contributed by atoms with Crippen LogP contribution in [-0.4, -0.2) is 15.3 Å². The summed E-state index contributed by atoms with van der Waals surface area (Å²) >= 11 is 0. The van der Waals surface area contributed by atoms with Crippen molar-refractivity contribution in [2.45, 2.75) is 26.3 Å². The van der Waals surface area contributed by atoms with Crippen molar-refractivity contribution in [2.75, 3.05) is 0 Å². The van der Waals surface area contributed by atoms with Gasteiger partial charge in [0, 0.05) is 18.9 Å². The van der Waals surface area contributed by atoms with Crippen molar-refractivity contribution in [3.8, 4) is 0 Å². The summed E-state index contributed by atoms with van der Waals surface area (Å²) in [6.07, 6.45) is 4.46. The van der Waals surface area contributed by atoms with Gasteiger partial charge in [0.1, 0.15) is 0 Å². The lowest BCUT2D eigenvalue weighted by molar-refractivity contribution is 0.101. The third kappa shape index (κ3) is 2.81. The molecular formula is C14H12F4N2O. The van der Waals surface area contributed by atoms with Crippen LogP contribution >= 0.6 is 0 Å². The van der Waals surface area contributed by atoms with Gasteiger partial charge in [0.05, 0.1) is 5.56 Å². The standard InChI is InChI=1S/C14H12F4N2O/c1-2-3-5-20-6-4-19-14(20)13(21)8-7-9(15)11(17)12(18)10(8)16/h4,6-7H,2-3,5H2,1H3. The van der Waals surface area contributed by atoms with Crippen molar-refractivity contribution in [3.63, 3.8) is 0 Å². The van der Waals surface area contributed by atoms with Gasteiger partial charge in [-0.2, -0.15) is 0 Å². The number of aryl methyl sites for hydroxylation is 1. The number of unbranched alkanes of at least 4 members (excludes halogenated alkanes) is 1. The molecule has 3 nitrogen and oxygen atoms in total. The minimum absolute atomic E-state index is 0.146. The maximum Gasteiger partial charge on any atom is 0.231 e. The Kier molecular flexibility index (Phi) is 4.40. The second-order valence-electron chi connectivity index (χ2n) is 4.47. The number of hydrogen-bond acceptors (Lipinski definition) is 2. The second kappa shape index (κ2) is 6.07. The zero-order valence-electron chi connectivity index (χ0n) is 11.2. The van der Waals surface area contributed by atoms with Crippen molar-refractivity contribution in [1.82, 2.24) is 9.55 Å². The number of ketones is 1. The van der Waals surface area contributed by atoms with E-state index in [1.807, 2.05) is 6.92 Å². The van der Waals surface area contributed by atoms with E-state index >= 15 is 0 Å². The summed E-state index contributed by atoms with van der Waals surface area (Å²) in [6, 6.07) is 0.342. The topological polar surface area (TPSA) is 34.9 Å². The first-order chi connectivity index (χ1) is 9.97. The summed E-state index contributed by atoms with van der Waals surface area (Å²) in [7, 11) is 0. The highest BCUT2D eigenvalue weighted by Crippen LogP contribution is 2.21.